The maximum atomic E-state index is 13.4. The molecule has 2 fully saturated rings. The third kappa shape index (κ3) is 5.62. The minimum absolute atomic E-state index is 0.0325. The summed E-state index contributed by atoms with van der Waals surface area (Å²) in [7, 11) is 0. The Hall–Kier alpha value is -2.77. The lowest BCUT2D eigenvalue weighted by atomic mass is 9.79. The number of ether oxygens (including phenoxy) is 1. The van der Waals surface area contributed by atoms with E-state index in [1.54, 1.807) is 4.90 Å². The number of anilines is 2. The minimum atomic E-state index is 0.0325. The fraction of sp³-hybridized carbons (Fsp3) is 0.500. The summed E-state index contributed by atoms with van der Waals surface area (Å²) in [6.45, 7) is 18.5. The average Bonchev–Trinajstić information content (AvgIpc) is 3.21. The Labute approximate surface area is 238 Å². The number of thioether (sulfide) groups is 1. The van der Waals surface area contributed by atoms with Gasteiger partial charge < -0.3 is 14.5 Å². The van der Waals surface area contributed by atoms with Crippen molar-refractivity contribution in [3.05, 3.63) is 58.0 Å². The van der Waals surface area contributed by atoms with Crippen LogP contribution in [-0.2, 0) is 9.53 Å². The van der Waals surface area contributed by atoms with Crippen molar-refractivity contribution >= 4 is 46.0 Å². The molecule has 0 bridgehead atoms. The summed E-state index contributed by atoms with van der Waals surface area (Å²) >= 11 is 1.48. The quantitative estimate of drug-likeness (QED) is 0.367. The highest BCUT2D eigenvalue weighted by atomic mass is 32.2. The van der Waals surface area contributed by atoms with E-state index in [2.05, 4.69) is 74.8 Å². The Morgan fingerprint density at radius 2 is 1.85 bits per heavy atom. The molecule has 39 heavy (non-hydrogen) atoms. The largest absolute Gasteiger partial charge is 0.378 e. The highest BCUT2D eigenvalue weighted by molar-refractivity contribution is 8.18. The van der Waals surface area contributed by atoms with Gasteiger partial charge in [0.2, 0.25) is 0 Å². The molecular formula is C32H42N4O2S. The van der Waals surface area contributed by atoms with Gasteiger partial charge in [-0.05, 0) is 117 Å². The number of fused-ring (bicyclic) bond motifs is 1. The highest BCUT2D eigenvalue weighted by Gasteiger charge is 2.37. The van der Waals surface area contributed by atoms with Gasteiger partial charge >= 0.3 is 0 Å². The van der Waals surface area contributed by atoms with Crippen LogP contribution in [0.2, 0.25) is 0 Å². The number of morpholine rings is 1. The van der Waals surface area contributed by atoms with Crippen LogP contribution in [0.25, 0.3) is 6.08 Å². The van der Waals surface area contributed by atoms with Crippen molar-refractivity contribution in [3.8, 4) is 0 Å². The normalized spacial score (nSPS) is 23.2. The molecule has 0 radical (unpaired) electrons. The summed E-state index contributed by atoms with van der Waals surface area (Å²) in [6, 6.07) is 13.0. The number of aryl methyl sites for hydroxylation is 1. The van der Waals surface area contributed by atoms with Crippen molar-refractivity contribution in [1.82, 2.24) is 4.90 Å². The lowest BCUT2D eigenvalue weighted by Gasteiger charge is -2.48. The van der Waals surface area contributed by atoms with Gasteiger partial charge in [0.15, 0.2) is 5.17 Å². The molecule has 208 valence electrons. The van der Waals surface area contributed by atoms with Crippen molar-refractivity contribution in [2.75, 3.05) is 49.2 Å². The smallest absolute Gasteiger partial charge is 0.266 e. The second-order valence-corrected chi connectivity index (χ2v) is 12.5. The number of likely N-dealkylation sites (N-methyl/N-ethyl adjacent to an activating group) is 1. The van der Waals surface area contributed by atoms with Gasteiger partial charge in [0.25, 0.3) is 5.91 Å². The number of aliphatic imine (C=N–C) groups is 1. The lowest BCUT2D eigenvalue weighted by molar-refractivity contribution is -0.122. The zero-order chi connectivity index (χ0) is 27.7. The molecule has 3 aliphatic rings. The van der Waals surface area contributed by atoms with Crippen LogP contribution < -0.4 is 9.80 Å². The summed E-state index contributed by atoms with van der Waals surface area (Å²) in [6.07, 6.45) is 4.32. The number of amidine groups is 1. The van der Waals surface area contributed by atoms with E-state index >= 15 is 0 Å². The molecule has 2 aromatic carbocycles. The van der Waals surface area contributed by atoms with E-state index in [-0.39, 0.29) is 11.4 Å². The number of hydrogen-bond donors (Lipinski definition) is 0. The molecule has 3 heterocycles. The van der Waals surface area contributed by atoms with Gasteiger partial charge in [-0.15, -0.1) is 0 Å². The zero-order valence-corrected chi connectivity index (χ0v) is 25.1. The summed E-state index contributed by atoms with van der Waals surface area (Å²) in [5, 5.41) is 0.743. The fourth-order valence-corrected chi connectivity index (χ4v) is 7.19. The van der Waals surface area contributed by atoms with Gasteiger partial charge in [-0.3, -0.25) is 9.69 Å². The number of amides is 1. The van der Waals surface area contributed by atoms with Gasteiger partial charge in [-0.1, -0.05) is 13.8 Å². The Bertz CT molecular complexity index is 1280. The monoisotopic (exact) mass is 546 g/mol. The number of rotatable bonds is 6. The molecule has 2 saturated heterocycles. The molecule has 5 rings (SSSR count). The van der Waals surface area contributed by atoms with Crippen molar-refractivity contribution in [3.63, 3.8) is 0 Å². The van der Waals surface area contributed by atoms with Crippen LogP contribution in [0.5, 0.6) is 0 Å². The van der Waals surface area contributed by atoms with Crippen LogP contribution in [0, 0.1) is 6.92 Å². The van der Waals surface area contributed by atoms with Gasteiger partial charge in [0.05, 0.1) is 23.8 Å². The topological polar surface area (TPSA) is 48.4 Å². The number of nitrogens with zero attached hydrogens (tertiary/aromatic N) is 4. The van der Waals surface area contributed by atoms with E-state index in [4.69, 9.17) is 9.73 Å². The van der Waals surface area contributed by atoms with Crippen LogP contribution in [0.1, 0.15) is 70.1 Å². The molecule has 3 aliphatic heterocycles. The lowest BCUT2D eigenvalue weighted by Crippen LogP contribution is -2.48. The molecular weight excluding hydrogens is 504 g/mol. The maximum Gasteiger partial charge on any atom is 0.266 e. The minimum Gasteiger partial charge on any atom is -0.378 e. The molecule has 0 saturated carbocycles. The predicted molar refractivity (Wildman–Crippen MR) is 165 cm³/mol. The van der Waals surface area contributed by atoms with Crippen LogP contribution in [-0.4, -0.2) is 60.9 Å². The Morgan fingerprint density at radius 3 is 2.51 bits per heavy atom. The Morgan fingerprint density at radius 1 is 1.13 bits per heavy atom. The predicted octanol–water partition coefficient (Wildman–Crippen LogP) is 6.96. The summed E-state index contributed by atoms with van der Waals surface area (Å²) in [4.78, 5) is 25.7. The number of hydrogen-bond acceptors (Lipinski definition) is 6. The Kier molecular flexibility index (Phi) is 8.11. The first kappa shape index (κ1) is 27.8. The van der Waals surface area contributed by atoms with Gasteiger partial charge in [0.1, 0.15) is 0 Å². The average molecular weight is 547 g/mol. The SMILES string of the molecule is CCCN1c2cc(C)c(/C=C3/SC(=Nc4ccc(N5CCOCC5)cc4)N(CC)C3=O)cc2C(C)CC1(C)C. The molecule has 0 aromatic heterocycles. The molecule has 6 nitrogen and oxygen atoms in total. The first-order chi connectivity index (χ1) is 18.7. The third-order valence-electron chi connectivity index (χ3n) is 8.16. The third-order valence-corrected chi connectivity index (χ3v) is 9.17. The molecule has 2 aromatic rings. The number of carbonyl (C=O) groups excluding carboxylic acids is 1. The first-order valence-electron chi connectivity index (χ1n) is 14.4. The number of benzene rings is 2. The highest BCUT2D eigenvalue weighted by Crippen LogP contribution is 2.45. The molecule has 0 spiro atoms. The van der Waals surface area contributed by atoms with E-state index in [0.29, 0.717) is 12.5 Å². The van der Waals surface area contributed by atoms with E-state index < -0.39 is 0 Å². The van der Waals surface area contributed by atoms with Crippen LogP contribution in [0.4, 0.5) is 17.1 Å². The molecule has 1 amide bonds. The second-order valence-electron chi connectivity index (χ2n) is 11.5. The zero-order valence-electron chi connectivity index (χ0n) is 24.3. The van der Waals surface area contributed by atoms with Crippen molar-refractivity contribution in [1.29, 1.82) is 0 Å². The standard InChI is InChI=1S/C32H42N4O2S/c1-7-13-36-28-18-22(3)24(19-27(28)23(4)21-32(36,5)6)20-29-30(37)35(8-2)31(39-29)33-25-9-11-26(12-10-25)34-14-16-38-17-15-34/h9-12,18-20,23H,7-8,13-17,21H2,1-6H3/b29-20+,33-31?. The number of carbonyl (C=O) groups is 1. The van der Waals surface area contributed by atoms with Crippen LogP contribution in [0.3, 0.4) is 0 Å². The van der Waals surface area contributed by atoms with Crippen molar-refractivity contribution < 1.29 is 9.53 Å². The van der Waals surface area contributed by atoms with E-state index in [1.807, 2.05) is 19.1 Å². The first-order valence-corrected chi connectivity index (χ1v) is 15.2. The van der Waals surface area contributed by atoms with Gasteiger partial charge in [0, 0.05) is 43.1 Å². The Balaban J connectivity index is 1.42. The summed E-state index contributed by atoms with van der Waals surface area (Å²) in [5.74, 6) is 0.502. The molecule has 0 aliphatic carbocycles. The molecule has 1 unspecified atom stereocenters. The fourth-order valence-electron chi connectivity index (χ4n) is 6.13. The van der Waals surface area contributed by atoms with Crippen molar-refractivity contribution in [2.45, 2.75) is 65.8 Å². The summed E-state index contributed by atoms with van der Waals surface area (Å²) < 4.78 is 5.47. The van der Waals surface area contributed by atoms with Crippen molar-refractivity contribution in [2.24, 2.45) is 4.99 Å². The molecule has 0 N–H and O–H groups in total. The van der Waals surface area contributed by atoms with Gasteiger partial charge in [-0.25, -0.2) is 4.99 Å². The molecule has 1 atom stereocenters. The van der Waals surface area contributed by atoms with E-state index in [0.717, 1.165) is 67.0 Å². The van der Waals surface area contributed by atoms with Gasteiger partial charge in [-0.2, -0.15) is 0 Å². The van der Waals surface area contributed by atoms with E-state index in [9.17, 15) is 4.79 Å². The van der Waals surface area contributed by atoms with Crippen LogP contribution in [0.15, 0.2) is 46.3 Å². The molecule has 7 heteroatoms. The van der Waals surface area contributed by atoms with Crippen LogP contribution >= 0.6 is 11.8 Å². The van der Waals surface area contributed by atoms with E-state index in [1.165, 1.54) is 34.3 Å². The second kappa shape index (κ2) is 11.4. The maximum absolute atomic E-state index is 13.4. The summed E-state index contributed by atoms with van der Waals surface area (Å²) in [5.41, 5.74) is 7.25.